The van der Waals surface area contributed by atoms with E-state index in [2.05, 4.69) is 9.99 Å². The van der Waals surface area contributed by atoms with Crippen molar-refractivity contribution >= 4 is 29.4 Å². The van der Waals surface area contributed by atoms with Gasteiger partial charge in [0.1, 0.15) is 17.7 Å². The van der Waals surface area contributed by atoms with Crippen LogP contribution in [0, 0.1) is 0 Å². The maximum Gasteiger partial charge on any atom is 0.277 e. The minimum atomic E-state index is -2.76. The Labute approximate surface area is 113 Å². The Kier molecular flexibility index (Phi) is 6.15. The van der Waals surface area contributed by atoms with Crippen LogP contribution in [0.1, 0.15) is 5.56 Å². The van der Waals surface area contributed by atoms with Crippen molar-refractivity contribution in [3.63, 3.8) is 0 Å². The fourth-order valence-corrected chi connectivity index (χ4v) is 1.44. The van der Waals surface area contributed by atoms with Gasteiger partial charge in [0.05, 0.1) is 6.21 Å². The summed E-state index contributed by atoms with van der Waals surface area (Å²) in [5, 5.41) is 3.56. The molecule has 0 saturated carbocycles. The predicted octanol–water partition coefficient (Wildman–Crippen LogP) is 3.48. The summed E-state index contributed by atoms with van der Waals surface area (Å²) in [6.45, 7) is 0. The molecule has 0 amide bonds. The number of nitrogens with zero attached hydrogens (tertiary/aromatic N) is 1. The van der Waals surface area contributed by atoms with Gasteiger partial charge < -0.3 is 9.57 Å². The molecular weight excluding hydrogens is 287 g/mol. The summed E-state index contributed by atoms with van der Waals surface area (Å²) in [7, 11) is 1.42. The Hall–Kier alpha value is -1.07. The fourth-order valence-electron chi connectivity index (χ4n) is 1.12. The molecule has 0 N–H and O–H groups in total. The van der Waals surface area contributed by atoms with Gasteiger partial charge in [-0.2, -0.15) is 0 Å². The summed E-state index contributed by atoms with van der Waals surface area (Å²) in [5.74, 6) is 0.251. The SMILES string of the molecule is CON=Cc1ccc(OC(C(F)F)C(Cl)Cl)cc1. The first-order chi connectivity index (χ1) is 8.54. The van der Waals surface area contributed by atoms with Crippen LogP contribution in [-0.4, -0.2) is 30.7 Å². The summed E-state index contributed by atoms with van der Waals surface area (Å²) in [5.41, 5.74) is 0.742. The molecule has 0 aromatic heterocycles. The molecule has 1 rings (SSSR count). The van der Waals surface area contributed by atoms with Gasteiger partial charge in [-0.1, -0.05) is 5.16 Å². The number of halogens is 4. The standard InChI is InChI=1S/C11H11Cl2F2NO2/c1-17-16-6-7-2-4-8(5-3-7)18-9(10(12)13)11(14)15/h2-6,9-11H,1H3. The van der Waals surface area contributed by atoms with Crippen molar-refractivity contribution in [3.8, 4) is 5.75 Å². The van der Waals surface area contributed by atoms with Gasteiger partial charge in [-0.25, -0.2) is 8.78 Å². The van der Waals surface area contributed by atoms with Crippen LogP contribution in [0.15, 0.2) is 29.4 Å². The molecule has 0 bridgehead atoms. The Balaban J connectivity index is 2.70. The lowest BCUT2D eigenvalue weighted by atomic mass is 10.2. The molecule has 0 aliphatic heterocycles. The number of oxime groups is 1. The summed E-state index contributed by atoms with van der Waals surface area (Å²) in [4.78, 5) is 3.20. The Bertz CT molecular complexity index is 377. The van der Waals surface area contributed by atoms with Gasteiger partial charge in [0.15, 0.2) is 6.10 Å². The zero-order valence-electron chi connectivity index (χ0n) is 9.39. The van der Waals surface area contributed by atoms with Gasteiger partial charge in [0, 0.05) is 0 Å². The van der Waals surface area contributed by atoms with Crippen LogP contribution in [0.25, 0.3) is 0 Å². The van der Waals surface area contributed by atoms with E-state index < -0.39 is 17.4 Å². The molecule has 3 nitrogen and oxygen atoms in total. The van der Waals surface area contributed by atoms with E-state index in [9.17, 15) is 8.78 Å². The van der Waals surface area contributed by atoms with Crippen LogP contribution in [-0.2, 0) is 4.84 Å². The highest BCUT2D eigenvalue weighted by Crippen LogP contribution is 2.22. The average Bonchev–Trinajstić information content (AvgIpc) is 2.34. The quantitative estimate of drug-likeness (QED) is 0.457. The van der Waals surface area contributed by atoms with E-state index in [1.54, 1.807) is 12.1 Å². The molecule has 0 saturated heterocycles. The second kappa shape index (κ2) is 7.38. The lowest BCUT2D eigenvalue weighted by molar-refractivity contribution is 0.0195. The van der Waals surface area contributed by atoms with Gasteiger partial charge in [0.2, 0.25) is 0 Å². The van der Waals surface area contributed by atoms with Crippen molar-refractivity contribution in [1.29, 1.82) is 0 Å². The van der Waals surface area contributed by atoms with E-state index in [1.165, 1.54) is 25.5 Å². The van der Waals surface area contributed by atoms with E-state index in [1.807, 2.05) is 0 Å². The van der Waals surface area contributed by atoms with Crippen molar-refractivity contribution in [1.82, 2.24) is 0 Å². The van der Waals surface area contributed by atoms with Crippen LogP contribution in [0.2, 0.25) is 0 Å². The first-order valence-corrected chi connectivity index (χ1v) is 5.81. The molecule has 0 spiro atoms. The first-order valence-electron chi connectivity index (χ1n) is 4.94. The molecule has 7 heteroatoms. The number of rotatable bonds is 6. The second-order valence-corrected chi connectivity index (χ2v) is 4.40. The minimum absolute atomic E-state index is 0.251. The summed E-state index contributed by atoms with van der Waals surface area (Å²) >= 11 is 10.8. The van der Waals surface area contributed by atoms with Crippen LogP contribution in [0.3, 0.4) is 0 Å². The molecule has 1 unspecified atom stereocenters. The predicted molar refractivity (Wildman–Crippen MR) is 67.0 cm³/mol. The second-order valence-electron chi connectivity index (χ2n) is 3.24. The van der Waals surface area contributed by atoms with Crippen molar-refractivity contribution in [2.75, 3.05) is 7.11 Å². The summed E-state index contributed by atoms with van der Waals surface area (Å²) < 4.78 is 30.1. The Morgan fingerprint density at radius 2 is 1.83 bits per heavy atom. The highest BCUT2D eigenvalue weighted by atomic mass is 35.5. The Morgan fingerprint density at radius 3 is 2.28 bits per heavy atom. The molecule has 1 aromatic carbocycles. The molecule has 100 valence electrons. The topological polar surface area (TPSA) is 30.8 Å². The van der Waals surface area contributed by atoms with E-state index in [0.29, 0.717) is 0 Å². The van der Waals surface area contributed by atoms with Crippen molar-refractivity contribution in [2.45, 2.75) is 17.4 Å². The van der Waals surface area contributed by atoms with Crippen molar-refractivity contribution in [3.05, 3.63) is 29.8 Å². The van der Waals surface area contributed by atoms with Crippen LogP contribution in [0.4, 0.5) is 8.78 Å². The van der Waals surface area contributed by atoms with E-state index >= 15 is 0 Å². The van der Waals surface area contributed by atoms with Crippen LogP contribution >= 0.6 is 23.2 Å². The number of benzene rings is 1. The molecule has 1 atom stereocenters. The highest BCUT2D eigenvalue weighted by Gasteiger charge is 2.29. The first kappa shape index (κ1) is 15.0. The largest absolute Gasteiger partial charge is 0.482 e. The van der Waals surface area contributed by atoms with Gasteiger partial charge in [-0.15, -0.1) is 23.2 Å². The monoisotopic (exact) mass is 297 g/mol. The summed E-state index contributed by atoms with van der Waals surface area (Å²) in [6, 6.07) is 6.31. The minimum Gasteiger partial charge on any atom is -0.482 e. The van der Waals surface area contributed by atoms with Gasteiger partial charge in [-0.05, 0) is 29.8 Å². The molecule has 18 heavy (non-hydrogen) atoms. The molecule has 0 radical (unpaired) electrons. The lowest BCUT2D eigenvalue weighted by Crippen LogP contribution is -2.31. The fraction of sp³-hybridized carbons (Fsp3) is 0.364. The highest BCUT2D eigenvalue weighted by molar-refractivity contribution is 6.44. The van der Waals surface area contributed by atoms with E-state index in [0.717, 1.165) is 5.56 Å². The molecule has 0 fully saturated rings. The van der Waals surface area contributed by atoms with E-state index in [4.69, 9.17) is 27.9 Å². The number of hydrogen-bond donors (Lipinski definition) is 0. The van der Waals surface area contributed by atoms with Crippen LogP contribution < -0.4 is 4.74 Å². The number of hydrogen-bond acceptors (Lipinski definition) is 3. The zero-order chi connectivity index (χ0) is 13.5. The zero-order valence-corrected chi connectivity index (χ0v) is 10.9. The third-order valence-electron chi connectivity index (χ3n) is 1.96. The van der Waals surface area contributed by atoms with Gasteiger partial charge >= 0.3 is 0 Å². The average molecular weight is 298 g/mol. The number of alkyl halides is 4. The maximum absolute atomic E-state index is 12.5. The van der Waals surface area contributed by atoms with E-state index in [-0.39, 0.29) is 5.75 Å². The van der Waals surface area contributed by atoms with Gasteiger partial charge in [-0.3, -0.25) is 0 Å². The molecule has 0 aliphatic rings. The molecule has 1 aromatic rings. The van der Waals surface area contributed by atoms with Crippen LogP contribution in [0.5, 0.6) is 5.75 Å². The smallest absolute Gasteiger partial charge is 0.277 e. The maximum atomic E-state index is 12.5. The van der Waals surface area contributed by atoms with Crippen molar-refractivity contribution in [2.24, 2.45) is 5.16 Å². The van der Waals surface area contributed by atoms with Gasteiger partial charge in [0.25, 0.3) is 6.43 Å². The molecule has 0 heterocycles. The number of ether oxygens (including phenoxy) is 1. The third kappa shape index (κ3) is 4.66. The molecular formula is C11H11Cl2F2NO2. The third-order valence-corrected chi connectivity index (χ3v) is 2.45. The lowest BCUT2D eigenvalue weighted by Gasteiger charge is -2.19. The normalized spacial score (nSPS) is 13.3. The summed E-state index contributed by atoms with van der Waals surface area (Å²) in [6.07, 6.45) is -2.85. The van der Waals surface area contributed by atoms with Crippen molar-refractivity contribution < 1.29 is 18.4 Å². The molecule has 0 aliphatic carbocycles. The Morgan fingerprint density at radius 1 is 1.22 bits per heavy atom.